The predicted octanol–water partition coefficient (Wildman–Crippen LogP) is 2.08. The first-order valence-corrected chi connectivity index (χ1v) is 9.16. The van der Waals surface area contributed by atoms with Gasteiger partial charge >= 0.3 is 0 Å². The van der Waals surface area contributed by atoms with Gasteiger partial charge in [-0.1, -0.05) is 37.3 Å². The van der Waals surface area contributed by atoms with E-state index in [1.54, 1.807) is 19.7 Å². The average molecular weight is 358 g/mol. The minimum Gasteiger partial charge on any atom is -0.376 e. The Morgan fingerprint density at radius 3 is 2.65 bits per heavy atom. The molecule has 0 bridgehead atoms. The summed E-state index contributed by atoms with van der Waals surface area (Å²) in [6.45, 7) is 6.21. The van der Waals surface area contributed by atoms with Crippen LogP contribution in [0.4, 0.5) is 0 Å². The number of nitrogens with one attached hydrogen (secondary N) is 2. The van der Waals surface area contributed by atoms with Crippen LogP contribution in [0.15, 0.2) is 48.0 Å². The van der Waals surface area contributed by atoms with Gasteiger partial charge in [0.1, 0.15) is 12.7 Å². The average Bonchev–Trinajstić information content (AvgIpc) is 3.18. The quantitative estimate of drug-likeness (QED) is 0.365. The Hall–Kier alpha value is -2.41. The molecule has 0 saturated carbocycles. The van der Waals surface area contributed by atoms with E-state index in [1.807, 2.05) is 22.8 Å². The number of hydrogen-bond donors (Lipinski definition) is 2. The van der Waals surface area contributed by atoms with E-state index in [-0.39, 0.29) is 0 Å². The second kappa shape index (κ2) is 12.0. The summed E-state index contributed by atoms with van der Waals surface area (Å²) in [5.41, 5.74) is 1.21. The molecule has 142 valence electrons. The minimum atomic E-state index is 0.408. The lowest BCUT2D eigenvalue weighted by Gasteiger charge is -2.16. The van der Waals surface area contributed by atoms with E-state index in [0.29, 0.717) is 12.5 Å². The van der Waals surface area contributed by atoms with E-state index in [4.69, 9.17) is 4.74 Å². The van der Waals surface area contributed by atoms with Crippen LogP contribution in [0.1, 0.15) is 25.3 Å². The number of rotatable bonds is 11. The van der Waals surface area contributed by atoms with Gasteiger partial charge < -0.3 is 19.9 Å². The van der Waals surface area contributed by atoms with Crippen LogP contribution in [0, 0.1) is 5.92 Å². The monoisotopic (exact) mass is 358 g/mol. The zero-order valence-electron chi connectivity index (χ0n) is 15.8. The Labute approximate surface area is 155 Å². The van der Waals surface area contributed by atoms with Crippen molar-refractivity contribution in [2.75, 3.05) is 26.7 Å². The first-order valence-electron chi connectivity index (χ1n) is 9.16. The van der Waals surface area contributed by atoms with Crippen LogP contribution in [0.25, 0.3) is 0 Å². The van der Waals surface area contributed by atoms with Gasteiger partial charge in [-0.2, -0.15) is 0 Å². The van der Waals surface area contributed by atoms with Crippen LogP contribution in [-0.2, 0) is 17.9 Å². The standard InChI is InChI=1S/C19H30N6O/c1-17(13-26-14-18-8-4-3-5-9-18)12-22-19(20-2)21-10-6-7-11-25-15-23-24-16-25/h3-5,8-9,15-17H,6-7,10-14H2,1-2H3,(H2,20,21,22). The molecule has 1 atom stereocenters. The molecule has 0 radical (unpaired) electrons. The molecule has 1 aromatic heterocycles. The number of hydrogen-bond acceptors (Lipinski definition) is 4. The molecule has 0 aliphatic rings. The second-order valence-electron chi connectivity index (χ2n) is 6.39. The van der Waals surface area contributed by atoms with Gasteiger partial charge in [-0.15, -0.1) is 10.2 Å². The van der Waals surface area contributed by atoms with Gasteiger partial charge in [0.15, 0.2) is 5.96 Å². The van der Waals surface area contributed by atoms with E-state index in [9.17, 15) is 0 Å². The molecule has 26 heavy (non-hydrogen) atoms. The highest BCUT2D eigenvalue weighted by atomic mass is 16.5. The summed E-state index contributed by atoms with van der Waals surface area (Å²) < 4.78 is 7.77. The third-order valence-corrected chi connectivity index (χ3v) is 3.96. The van der Waals surface area contributed by atoms with Gasteiger partial charge in [0.25, 0.3) is 0 Å². The fourth-order valence-corrected chi connectivity index (χ4v) is 2.47. The molecular weight excluding hydrogens is 328 g/mol. The molecule has 0 fully saturated rings. The molecule has 0 aliphatic carbocycles. The molecule has 1 unspecified atom stereocenters. The number of aliphatic imine (C=N–C) groups is 1. The fraction of sp³-hybridized carbons (Fsp3) is 0.526. The second-order valence-corrected chi connectivity index (χ2v) is 6.39. The zero-order chi connectivity index (χ0) is 18.5. The molecule has 1 heterocycles. The summed E-state index contributed by atoms with van der Waals surface area (Å²) in [5.74, 6) is 1.25. The summed E-state index contributed by atoms with van der Waals surface area (Å²) in [4.78, 5) is 4.26. The lowest BCUT2D eigenvalue weighted by molar-refractivity contribution is 0.0931. The number of aryl methyl sites for hydroxylation is 1. The van der Waals surface area contributed by atoms with E-state index < -0.39 is 0 Å². The van der Waals surface area contributed by atoms with E-state index in [1.165, 1.54) is 5.56 Å². The van der Waals surface area contributed by atoms with Crippen molar-refractivity contribution < 1.29 is 4.74 Å². The highest BCUT2D eigenvalue weighted by Gasteiger charge is 2.04. The normalized spacial score (nSPS) is 12.8. The van der Waals surface area contributed by atoms with Crippen LogP contribution < -0.4 is 10.6 Å². The zero-order valence-corrected chi connectivity index (χ0v) is 15.8. The predicted molar refractivity (Wildman–Crippen MR) is 104 cm³/mol. The van der Waals surface area contributed by atoms with Gasteiger partial charge in [0.2, 0.25) is 0 Å². The van der Waals surface area contributed by atoms with Gasteiger partial charge in [-0.05, 0) is 24.3 Å². The minimum absolute atomic E-state index is 0.408. The molecule has 0 saturated heterocycles. The number of guanidine groups is 1. The number of benzene rings is 1. The highest BCUT2D eigenvalue weighted by Crippen LogP contribution is 2.02. The van der Waals surface area contributed by atoms with E-state index in [0.717, 1.165) is 45.0 Å². The maximum absolute atomic E-state index is 5.78. The summed E-state index contributed by atoms with van der Waals surface area (Å²) in [6.07, 6.45) is 5.63. The summed E-state index contributed by atoms with van der Waals surface area (Å²) in [5, 5.41) is 14.3. The number of ether oxygens (including phenoxy) is 1. The Morgan fingerprint density at radius 1 is 1.15 bits per heavy atom. The van der Waals surface area contributed by atoms with Crippen molar-refractivity contribution in [3.63, 3.8) is 0 Å². The molecule has 2 N–H and O–H groups in total. The van der Waals surface area contributed by atoms with Gasteiger partial charge in [-0.25, -0.2) is 0 Å². The van der Waals surface area contributed by atoms with Gasteiger partial charge in [0.05, 0.1) is 13.2 Å². The lowest BCUT2D eigenvalue weighted by atomic mass is 10.2. The van der Waals surface area contributed by atoms with Crippen LogP contribution in [0.3, 0.4) is 0 Å². The molecule has 0 amide bonds. The first-order chi connectivity index (χ1) is 12.8. The Morgan fingerprint density at radius 2 is 1.92 bits per heavy atom. The maximum Gasteiger partial charge on any atom is 0.190 e. The van der Waals surface area contributed by atoms with Crippen molar-refractivity contribution in [2.45, 2.75) is 32.9 Å². The Kier molecular flexibility index (Phi) is 9.21. The van der Waals surface area contributed by atoms with Gasteiger partial charge in [-0.3, -0.25) is 4.99 Å². The van der Waals surface area contributed by atoms with Crippen molar-refractivity contribution in [3.8, 4) is 0 Å². The van der Waals surface area contributed by atoms with Crippen molar-refractivity contribution >= 4 is 5.96 Å². The highest BCUT2D eigenvalue weighted by molar-refractivity contribution is 5.79. The van der Waals surface area contributed by atoms with E-state index in [2.05, 4.69) is 44.9 Å². The van der Waals surface area contributed by atoms with E-state index >= 15 is 0 Å². The third-order valence-electron chi connectivity index (χ3n) is 3.96. The SMILES string of the molecule is CN=C(NCCCCn1cnnc1)NCC(C)COCc1ccccc1. The fourth-order valence-electron chi connectivity index (χ4n) is 2.47. The van der Waals surface area contributed by atoms with Crippen molar-refractivity contribution in [2.24, 2.45) is 10.9 Å². The maximum atomic E-state index is 5.78. The summed E-state index contributed by atoms with van der Waals surface area (Å²) >= 11 is 0. The molecule has 2 rings (SSSR count). The molecule has 1 aromatic carbocycles. The molecule has 0 aliphatic heterocycles. The van der Waals surface area contributed by atoms with Crippen molar-refractivity contribution in [1.82, 2.24) is 25.4 Å². The molecule has 7 heteroatoms. The Bertz CT molecular complexity index is 614. The molecule has 0 spiro atoms. The number of nitrogens with zero attached hydrogens (tertiary/aromatic N) is 4. The molecular formula is C19H30N6O. The molecule has 2 aromatic rings. The third kappa shape index (κ3) is 8.11. The van der Waals surface area contributed by atoms with Crippen molar-refractivity contribution in [3.05, 3.63) is 48.5 Å². The van der Waals surface area contributed by atoms with Gasteiger partial charge in [0, 0.05) is 26.7 Å². The Balaban J connectivity index is 1.51. The summed E-state index contributed by atoms with van der Waals surface area (Å²) in [7, 11) is 1.79. The summed E-state index contributed by atoms with van der Waals surface area (Å²) in [6, 6.07) is 10.2. The first kappa shape index (κ1) is 19.9. The largest absolute Gasteiger partial charge is 0.376 e. The molecule has 7 nitrogen and oxygen atoms in total. The van der Waals surface area contributed by atoms with Crippen LogP contribution in [-0.4, -0.2) is 47.5 Å². The lowest BCUT2D eigenvalue weighted by Crippen LogP contribution is -2.40. The van der Waals surface area contributed by atoms with Crippen LogP contribution in [0.2, 0.25) is 0 Å². The van der Waals surface area contributed by atoms with Crippen molar-refractivity contribution in [1.29, 1.82) is 0 Å². The smallest absolute Gasteiger partial charge is 0.190 e. The van der Waals surface area contributed by atoms with Crippen LogP contribution in [0.5, 0.6) is 0 Å². The van der Waals surface area contributed by atoms with Crippen LogP contribution >= 0.6 is 0 Å². The topological polar surface area (TPSA) is 76.4 Å². The number of aromatic nitrogens is 3. The number of unbranched alkanes of at least 4 members (excludes halogenated alkanes) is 1.